The van der Waals surface area contributed by atoms with E-state index in [-0.39, 0.29) is 35.4 Å². The third-order valence-corrected chi connectivity index (χ3v) is 6.09. The summed E-state index contributed by atoms with van der Waals surface area (Å²) >= 11 is 0. The zero-order valence-corrected chi connectivity index (χ0v) is 15.6. The van der Waals surface area contributed by atoms with Crippen LogP contribution in [0.4, 0.5) is 19.0 Å². The molecule has 0 saturated heterocycles. The molecule has 154 valence electrons. The fourth-order valence-corrected chi connectivity index (χ4v) is 4.80. The van der Waals surface area contributed by atoms with Crippen LogP contribution in [0.5, 0.6) is 0 Å². The van der Waals surface area contributed by atoms with Crippen LogP contribution in [0.3, 0.4) is 0 Å². The number of aromatic nitrogens is 4. The van der Waals surface area contributed by atoms with Crippen molar-refractivity contribution in [3.8, 4) is 11.5 Å². The van der Waals surface area contributed by atoms with Crippen LogP contribution in [0.1, 0.15) is 37.5 Å². The second-order valence-electron chi connectivity index (χ2n) is 7.70. The molecule has 1 fully saturated rings. The maximum Gasteiger partial charge on any atom is 0.291 e. The molecule has 0 bridgehead atoms. The summed E-state index contributed by atoms with van der Waals surface area (Å²) in [6.45, 7) is 0. The van der Waals surface area contributed by atoms with Crippen molar-refractivity contribution in [1.29, 1.82) is 0 Å². The van der Waals surface area contributed by atoms with Crippen molar-refractivity contribution in [1.82, 2.24) is 25.1 Å². The van der Waals surface area contributed by atoms with E-state index in [9.17, 15) is 13.2 Å². The van der Waals surface area contributed by atoms with Gasteiger partial charge in [-0.15, -0.1) is 0 Å². The van der Waals surface area contributed by atoms with Crippen molar-refractivity contribution in [3.63, 3.8) is 0 Å². The summed E-state index contributed by atoms with van der Waals surface area (Å²) in [5.41, 5.74) is 3.12. The lowest BCUT2D eigenvalue weighted by Crippen LogP contribution is -2.54. The zero-order chi connectivity index (χ0) is 20.4. The van der Waals surface area contributed by atoms with E-state index >= 15 is 0 Å². The number of hydrogen-bond donors (Lipinski definition) is 1. The monoisotopic (exact) mass is 415 g/mol. The first-order chi connectivity index (χ1) is 14.6. The van der Waals surface area contributed by atoms with E-state index in [1.54, 1.807) is 4.57 Å². The average Bonchev–Trinajstić information content (AvgIpc) is 3.46. The molecule has 1 aliphatic carbocycles. The van der Waals surface area contributed by atoms with Crippen molar-refractivity contribution < 1.29 is 17.7 Å². The molecule has 1 aromatic carbocycles. The molecule has 6 rings (SSSR count). The van der Waals surface area contributed by atoms with Gasteiger partial charge in [-0.25, -0.2) is 13.8 Å². The summed E-state index contributed by atoms with van der Waals surface area (Å²) in [4.78, 5) is 9.94. The van der Waals surface area contributed by atoms with Crippen LogP contribution in [0, 0.1) is 23.6 Å². The number of imidazole rings is 1. The van der Waals surface area contributed by atoms with Crippen molar-refractivity contribution in [2.24, 2.45) is 11.0 Å². The second-order valence-corrected chi connectivity index (χ2v) is 7.70. The Labute approximate surface area is 168 Å². The van der Waals surface area contributed by atoms with E-state index < -0.39 is 17.7 Å². The number of benzene rings is 1. The molecular formula is C19H16F3N7O. The third-order valence-electron chi connectivity index (χ3n) is 6.09. The summed E-state index contributed by atoms with van der Waals surface area (Å²) in [7, 11) is 0. The molecule has 30 heavy (non-hydrogen) atoms. The molecule has 11 heteroatoms. The highest BCUT2D eigenvalue weighted by molar-refractivity contribution is 6.08. The molecule has 3 unspecified atom stereocenters. The van der Waals surface area contributed by atoms with E-state index in [0.29, 0.717) is 11.7 Å². The maximum atomic E-state index is 14.5. The highest BCUT2D eigenvalue weighted by Crippen LogP contribution is 2.46. The number of fused-ring (bicyclic) bond motifs is 6. The first kappa shape index (κ1) is 17.5. The first-order valence-corrected chi connectivity index (χ1v) is 9.76. The van der Waals surface area contributed by atoms with Crippen molar-refractivity contribution in [2.75, 3.05) is 4.90 Å². The molecule has 1 saturated carbocycles. The molecule has 0 radical (unpaired) electrons. The number of hydrogen-bond acceptors (Lipinski definition) is 7. The second kappa shape index (κ2) is 6.31. The van der Waals surface area contributed by atoms with Gasteiger partial charge in [0.1, 0.15) is 23.6 Å². The SMILES string of the molecule is Fc1ccc(-c2nc(C3=NNC4C5CCCCC5n5c(cnc5F)N34)no2)c(F)c1. The van der Waals surface area contributed by atoms with Gasteiger partial charge in [-0.2, -0.15) is 14.5 Å². The highest BCUT2D eigenvalue weighted by Gasteiger charge is 2.48. The molecule has 2 aromatic heterocycles. The molecule has 4 heterocycles. The fourth-order valence-electron chi connectivity index (χ4n) is 4.80. The number of nitrogens with one attached hydrogen (secondary N) is 1. The summed E-state index contributed by atoms with van der Waals surface area (Å²) in [5, 5.41) is 8.31. The molecule has 0 amide bonds. The van der Waals surface area contributed by atoms with Crippen LogP contribution in [0.15, 0.2) is 34.0 Å². The van der Waals surface area contributed by atoms with E-state index in [2.05, 4.69) is 25.7 Å². The van der Waals surface area contributed by atoms with Gasteiger partial charge in [0.15, 0.2) is 0 Å². The van der Waals surface area contributed by atoms with E-state index in [0.717, 1.165) is 37.8 Å². The summed E-state index contributed by atoms with van der Waals surface area (Å²) in [6.07, 6.45) is 4.66. The van der Waals surface area contributed by atoms with Crippen LogP contribution < -0.4 is 10.3 Å². The Kier molecular flexibility index (Phi) is 3.68. The molecule has 3 aliphatic rings. The topological polar surface area (TPSA) is 84.4 Å². The van der Waals surface area contributed by atoms with Gasteiger partial charge in [0.05, 0.1) is 11.8 Å². The number of halogens is 3. The molecule has 3 atom stereocenters. The summed E-state index contributed by atoms with van der Waals surface area (Å²) in [6, 6.07) is 3.10. The van der Waals surface area contributed by atoms with Crippen molar-refractivity contribution in [3.05, 3.63) is 47.9 Å². The standard InChI is InChI=1S/C19H16F3N7O/c20-9-5-6-10(12(21)7-9)18-24-15(27-30-18)17-26-25-16-11-3-1-2-4-13(11)28-14(29(16)17)8-23-19(28)22/h5-8,11,13,16,25H,1-4H2. The molecule has 2 aliphatic heterocycles. The van der Waals surface area contributed by atoms with Crippen LogP contribution in [0.2, 0.25) is 0 Å². The maximum absolute atomic E-state index is 14.5. The molecule has 8 nitrogen and oxygen atoms in total. The lowest BCUT2D eigenvalue weighted by molar-refractivity contribution is 0.161. The number of rotatable bonds is 2. The average molecular weight is 415 g/mol. The predicted molar refractivity (Wildman–Crippen MR) is 98.8 cm³/mol. The first-order valence-electron chi connectivity index (χ1n) is 9.76. The minimum atomic E-state index is -0.808. The van der Waals surface area contributed by atoms with Gasteiger partial charge in [-0.1, -0.05) is 18.0 Å². The number of hydrazone groups is 1. The largest absolute Gasteiger partial charge is 0.333 e. The van der Waals surface area contributed by atoms with Crippen LogP contribution in [-0.2, 0) is 0 Å². The fraction of sp³-hybridized carbons (Fsp3) is 0.368. The van der Waals surface area contributed by atoms with E-state index in [1.165, 1.54) is 12.3 Å². The quantitative estimate of drug-likeness (QED) is 0.692. The van der Waals surface area contributed by atoms with Gasteiger partial charge < -0.3 is 4.52 Å². The minimum absolute atomic E-state index is 0.00805. The Balaban J connectivity index is 1.40. The Morgan fingerprint density at radius 2 is 2.00 bits per heavy atom. The Hall–Kier alpha value is -3.37. The van der Waals surface area contributed by atoms with Crippen molar-refractivity contribution >= 4 is 11.7 Å². The number of anilines is 1. The van der Waals surface area contributed by atoms with E-state index in [1.807, 2.05) is 4.90 Å². The Morgan fingerprint density at radius 3 is 2.87 bits per heavy atom. The molecule has 1 N–H and O–H groups in total. The lowest BCUT2D eigenvalue weighted by atomic mass is 9.80. The van der Waals surface area contributed by atoms with Gasteiger partial charge in [-0.05, 0) is 25.0 Å². The third kappa shape index (κ3) is 2.40. The van der Waals surface area contributed by atoms with Gasteiger partial charge in [0.25, 0.3) is 12.0 Å². The molecule has 3 aromatic rings. The van der Waals surface area contributed by atoms with Crippen LogP contribution in [-0.4, -0.2) is 31.7 Å². The van der Waals surface area contributed by atoms with E-state index in [4.69, 9.17) is 4.52 Å². The van der Waals surface area contributed by atoms with Gasteiger partial charge >= 0.3 is 0 Å². The summed E-state index contributed by atoms with van der Waals surface area (Å²) < 4.78 is 48.7. The smallest absolute Gasteiger partial charge is 0.291 e. The lowest BCUT2D eigenvalue weighted by Gasteiger charge is -2.45. The predicted octanol–water partition coefficient (Wildman–Crippen LogP) is 3.19. The zero-order valence-electron chi connectivity index (χ0n) is 15.6. The highest BCUT2D eigenvalue weighted by atomic mass is 19.1. The number of nitrogens with zero attached hydrogens (tertiary/aromatic N) is 6. The normalized spacial score (nSPS) is 24.7. The van der Waals surface area contributed by atoms with Gasteiger partial charge in [-0.3, -0.25) is 14.9 Å². The van der Waals surface area contributed by atoms with Crippen molar-refractivity contribution in [2.45, 2.75) is 37.9 Å². The molecule has 0 spiro atoms. The summed E-state index contributed by atoms with van der Waals surface area (Å²) in [5.74, 6) is -0.456. The van der Waals surface area contributed by atoms with Crippen LogP contribution in [0.25, 0.3) is 11.5 Å². The Bertz CT molecular complexity index is 1170. The Morgan fingerprint density at radius 1 is 1.13 bits per heavy atom. The van der Waals surface area contributed by atoms with Gasteiger partial charge in [0.2, 0.25) is 11.7 Å². The van der Waals surface area contributed by atoms with Crippen LogP contribution >= 0.6 is 0 Å². The van der Waals surface area contributed by atoms with Gasteiger partial charge in [0, 0.05) is 18.0 Å². The minimum Gasteiger partial charge on any atom is -0.333 e. The molecular weight excluding hydrogens is 399 g/mol. The number of amidine groups is 1.